The van der Waals surface area contributed by atoms with Gasteiger partial charge in [-0.05, 0) is 34.7 Å². The molecule has 1 fully saturated rings. The highest BCUT2D eigenvalue weighted by Gasteiger charge is 2.35. The lowest BCUT2D eigenvalue weighted by molar-refractivity contribution is -0.145. The standard InChI is InChI=1S/C11H10FIN2O3/c12-7-2-1-3-8(9(7)13)14-11(18)15-4-6(5-15)10(16)17/h1-3,6H,4-5H2,(H,14,18)(H,16,17). The van der Waals surface area contributed by atoms with Crippen LogP contribution in [-0.4, -0.2) is 35.1 Å². The van der Waals surface area contributed by atoms with Crippen molar-refractivity contribution in [2.24, 2.45) is 5.92 Å². The predicted molar refractivity (Wildman–Crippen MR) is 70.8 cm³/mol. The average molecular weight is 364 g/mol. The van der Waals surface area contributed by atoms with Crippen LogP contribution in [0.15, 0.2) is 18.2 Å². The van der Waals surface area contributed by atoms with Gasteiger partial charge in [-0.25, -0.2) is 9.18 Å². The van der Waals surface area contributed by atoms with Gasteiger partial charge in [0.15, 0.2) is 0 Å². The molecule has 0 unspecified atom stereocenters. The SMILES string of the molecule is O=C(O)C1CN(C(=O)Nc2cccc(F)c2I)C1. The van der Waals surface area contributed by atoms with Crippen LogP contribution in [-0.2, 0) is 4.79 Å². The Hall–Kier alpha value is -1.38. The molecular formula is C11H10FIN2O3. The van der Waals surface area contributed by atoms with E-state index < -0.39 is 23.7 Å². The lowest BCUT2D eigenvalue weighted by Crippen LogP contribution is -2.54. The Kier molecular flexibility index (Phi) is 3.69. The van der Waals surface area contributed by atoms with Crippen molar-refractivity contribution in [3.8, 4) is 0 Å². The minimum Gasteiger partial charge on any atom is -0.481 e. The maximum absolute atomic E-state index is 13.2. The molecule has 1 saturated heterocycles. The van der Waals surface area contributed by atoms with Crippen molar-refractivity contribution >= 4 is 40.3 Å². The monoisotopic (exact) mass is 364 g/mol. The first-order valence-electron chi connectivity index (χ1n) is 5.22. The summed E-state index contributed by atoms with van der Waals surface area (Å²) < 4.78 is 13.6. The number of anilines is 1. The van der Waals surface area contributed by atoms with E-state index in [1.54, 1.807) is 28.7 Å². The van der Waals surface area contributed by atoms with Gasteiger partial charge in [0.25, 0.3) is 0 Å². The molecule has 1 aliphatic rings. The molecule has 1 aromatic carbocycles. The molecule has 7 heteroatoms. The van der Waals surface area contributed by atoms with E-state index in [1.807, 2.05) is 0 Å². The average Bonchev–Trinajstić information content (AvgIpc) is 2.22. The van der Waals surface area contributed by atoms with Crippen LogP contribution in [0.2, 0.25) is 0 Å². The molecule has 0 aromatic heterocycles. The minimum absolute atomic E-state index is 0.188. The molecule has 1 heterocycles. The second kappa shape index (κ2) is 5.09. The van der Waals surface area contributed by atoms with Crippen molar-refractivity contribution in [2.75, 3.05) is 18.4 Å². The van der Waals surface area contributed by atoms with Crippen LogP contribution in [0.4, 0.5) is 14.9 Å². The van der Waals surface area contributed by atoms with E-state index in [0.717, 1.165) is 0 Å². The first kappa shape index (κ1) is 13.1. The van der Waals surface area contributed by atoms with E-state index in [-0.39, 0.29) is 13.1 Å². The smallest absolute Gasteiger partial charge is 0.321 e. The highest BCUT2D eigenvalue weighted by molar-refractivity contribution is 14.1. The van der Waals surface area contributed by atoms with E-state index in [9.17, 15) is 14.0 Å². The van der Waals surface area contributed by atoms with Gasteiger partial charge in [0, 0.05) is 13.1 Å². The molecule has 5 nitrogen and oxygen atoms in total. The second-order valence-electron chi connectivity index (χ2n) is 3.97. The van der Waals surface area contributed by atoms with Gasteiger partial charge in [-0.1, -0.05) is 6.07 Å². The zero-order chi connectivity index (χ0) is 13.3. The molecule has 0 spiro atoms. The van der Waals surface area contributed by atoms with E-state index in [4.69, 9.17) is 5.11 Å². The molecule has 0 atom stereocenters. The van der Waals surface area contributed by atoms with Crippen LogP contribution < -0.4 is 5.32 Å². The summed E-state index contributed by atoms with van der Waals surface area (Å²) in [5.41, 5.74) is 0.388. The number of hydrogen-bond acceptors (Lipinski definition) is 2. The molecular weight excluding hydrogens is 354 g/mol. The van der Waals surface area contributed by atoms with E-state index >= 15 is 0 Å². The van der Waals surface area contributed by atoms with Crippen LogP contribution in [0.3, 0.4) is 0 Å². The van der Waals surface area contributed by atoms with Crippen molar-refractivity contribution in [2.45, 2.75) is 0 Å². The molecule has 2 N–H and O–H groups in total. The van der Waals surface area contributed by atoms with Crippen molar-refractivity contribution in [1.82, 2.24) is 4.90 Å². The number of carboxylic acids is 1. The van der Waals surface area contributed by atoms with Gasteiger partial charge in [-0.3, -0.25) is 4.79 Å². The number of benzene rings is 1. The van der Waals surface area contributed by atoms with Crippen molar-refractivity contribution in [3.63, 3.8) is 0 Å². The van der Waals surface area contributed by atoms with Crippen LogP contribution in [0.5, 0.6) is 0 Å². The first-order valence-corrected chi connectivity index (χ1v) is 6.29. The maximum atomic E-state index is 13.2. The number of likely N-dealkylation sites (tertiary alicyclic amines) is 1. The van der Waals surface area contributed by atoms with Gasteiger partial charge in [0.2, 0.25) is 0 Å². The Morgan fingerprint density at radius 2 is 2.11 bits per heavy atom. The number of hydrogen-bond donors (Lipinski definition) is 2. The Balaban J connectivity index is 1.97. The van der Waals surface area contributed by atoms with Crippen LogP contribution >= 0.6 is 22.6 Å². The summed E-state index contributed by atoms with van der Waals surface area (Å²) in [5.74, 6) is -1.80. The number of carbonyl (C=O) groups is 2. The summed E-state index contributed by atoms with van der Waals surface area (Å²) in [4.78, 5) is 23.7. The quantitative estimate of drug-likeness (QED) is 0.789. The topological polar surface area (TPSA) is 69.6 Å². The number of carboxylic acid groups (broad SMARTS) is 1. The van der Waals surface area contributed by atoms with Gasteiger partial charge in [-0.15, -0.1) is 0 Å². The number of nitrogens with zero attached hydrogens (tertiary/aromatic N) is 1. The number of nitrogens with one attached hydrogen (secondary N) is 1. The van der Waals surface area contributed by atoms with Gasteiger partial charge in [0.05, 0.1) is 15.2 Å². The highest BCUT2D eigenvalue weighted by Crippen LogP contribution is 2.23. The number of carbonyl (C=O) groups excluding carboxylic acids is 1. The van der Waals surface area contributed by atoms with Gasteiger partial charge >= 0.3 is 12.0 Å². The number of halogens is 2. The summed E-state index contributed by atoms with van der Waals surface area (Å²) in [5, 5.41) is 11.3. The van der Waals surface area contributed by atoms with Crippen LogP contribution in [0.25, 0.3) is 0 Å². The highest BCUT2D eigenvalue weighted by atomic mass is 127. The molecule has 1 aromatic rings. The Labute approximate surface area is 116 Å². The lowest BCUT2D eigenvalue weighted by atomic mass is 10.0. The zero-order valence-corrected chi connectivity index (χ0v) is 11.3. The van der Waals surface area contributed by atoms with E-state index in [0.29, 0.717) is 9.26 Å². The molecule has 0 aliphatic carbocycles. The summed E-state index contributed by atoms with van der Waals surface area (Å²) in [6.45, 7) is 0.375. The fraction of sp³-hybridized carbons (Fsp3) is 0.273. The molecule has 0 saturated carbocycles. The van der Waals surface area contributed by atoms with Gasteiger partial charge in [-0.2, -0.15) is 0 Å². The van der Waals surface area contributed by atoms with Crippen LogP contribution in [0.1, 0.15) is 0 Å². The molecule has 18 heavy (non-hydrogen) atoms. The van der Waals surface area contributed by atoms with E-state index in [1.165, 1.54) is 17.0 Å². The molecule has 2 rings (SSSR count). The third-order valence-corrected chi connectivity index (χ3v) is 3.81. The lowest BCUT2D eigenvalue weighted by Gasteiger charge is -2.36. The summed E-state index contributed by atoms with van der Waals surface area (Å²) in [7, 11) is 0. The Morgan fingerprint density at radius 3 is 2.72 bits per heavy atom. The van der Waals surface area contributed by atoms with Gasteiger partial charge < -0.3 is 15.3 Å². The maximum Gasteiger partial charge on any atom is 0.321 e. The summed E-state index contributed by atoms with van der Waals surface area (Å²) >= 11 is 1.80. The first-order chi connectivity index (χ1) is 8.49. The molecule has 2 amide bonds. The molecule has 96 valence electrons. The summed E-state index contributed by atoms with van der Waals surface area (Å²) in [6.07, 6.45) is 0. The van der Waals surface area contributed by atoms with Gasteiger partial charge in [0.1, 0.15) is 5.82 Å². The fourth-order valence-electron chi connectivity index (χ4n) is 1.60. The fourth-order valence-corrected chi connectivity index (χ4v) is 2.09. The third kappa shape index (κ3) is 2.55. The number of aliphatic carboxylic acids is 1. The van der Waals surface area contributed by atoms with E-state index in [2.05, 4.69) is 5.32 Å². The predicted octanol–water partition coefficient (Wildman–Crippen LogP) is 1.98. The van der Waals surface area contributed by atoms with Crippen molar-refractivity contribution in [1.29, 1.82) is 0 Å². The summed E-state index contributed by atoms with van der Waals surface area (Å²) in [6, 6.07) is 4.00. The second-order valence-corrected chi connectivity index (χ2v) is 5.05. The van der Waals surface area contributed by atoms with Crippen LogP contribution in [0, 0.1) is 15.3 Å². The number of urea groups is 1. The van der Waals surface area contributed by atoms with Crippen molar-refractivity contribution in [3.05, 3.63) is 27.6 Å². The minimum atomic E-state index is -0.903. The molecule has 1 aliphatic heterocycles. The largest absolute Gasteiger partial charge is 0.481 e. The molecule has 0 bridgehead atoms. The molecule has 0 radical (unpaired) electrons. The third-order valence-electron chi connectivity index (χ3n) is 2.71. The van der Waals surface area contributed by atoms with Crippen molar-refractivity contribution < 1.29 is 19.1 Å². The Morgan fingerprint density at radius 1 is 1.44 bits per heavy atom. The number of amides is 2. The number of rotatable bonds is 2. The normalized spacial score (nSPS) is 15.1. The zero-order valence-electron chi connectivity index (χ0n) is 9.19. The Bertz CT molecular complexity index is 503.